The molecule has 1 aromatic heterocycles. The largest absolute Gasteiger partial charge is 0.481 e. The summed E-state index contributed by atoms with van der Waals surface area (Å²) in [5.41, 5.74) is 0.911. The van der Waals surface area contributed by atoms with E-state index in [1.807, 2.05) is 6.92 Å². The first-order valence-electron chi connectivity index (χ1n) is 6.08. The Labute approximate surface area is 111 Å². The fourth-order valence-electron chi connectivity index (χ4n) is 2.59. The molecule has 0 amide bonds. The molecule has 18 heavy (non-hydrogen) atoms. The van der Waals surface area contributed by atoms with Crippen LogP contribution in [0, 0.1) is 12.3 Å². The number of carboxylic acid groups (broad SMARTS) is 1. The summed E-state index contributed by atoms with van der Waals surface area (Å²) < 4.78 is 1.60. The van der Waals surface area contributed by atoms with Crippen LogP contribution in [0.25, 0.3) is 0 Å². The number of nitrogens with one attached hydrogen (secondary N) is 1. The van der Waals surface area contributed by atoms with Crippen molar-refractivity contribution in [1.82, 2.24) is 15.1 Å². The summed E-state index contributed by atoms with van der Waals surface area (Å²) in [5, 5.41) is 17.5. The average molecular weight is 272 g/mol. The normalized spacial score (nSPS) is 24.2. The molecule has 100 valence electrons. The molecule has 0 aromatic carbocycles. The lowest BCUT2D eigenvalue weighted by molar-refractivity contribution is -0.150. The van der Waals surface area contributed by atoms with E-state index in [1.54, 1.807) is 11.7 Å². The number of piperidine rings is 1. The number of nitrogens with zero attached hydrogens (tertiary/aromatic N) is 2. The molecular formula is C12H18ClN3O2. The maximum atomic E-state index is 11.6. The summed E-state index contributed by atoms with van der Waals surface area (Å²) in [4.78, 5) is 11.6. The maximum Gasteiger partial charge on any atom is 0.311 e. The van der Waals surface area contributed by atoms with Crippen LogP contribution in [0.1, 0.15) is 24.1 Å². The summed E-state index contributed by atoms with van der Waals surface area (Å²) >= 11 is 6.19. The minimum absolute atomic E-state index is 0.438. The predicted molar refractivity (Wildman–Crippen MR) is 68.8 cm³/mol. The van der Waals surface area contributed by atoms with Gasteiger partial charge in [-0.05, 0) is 32.7 Å². The summed E-state index contributed by atoms with van der Waals surface area (Å²) in [6, 6.07) is 0. The number of hydrogen-bond donors (Lipinski definition) is 2. The second kappa shape index (κ2) is 4.90. The van der Waals surface area contributed by atoms with Crippen molar-refractivity contribution in [2.75, 3.05) is 13.1 Å². The second-order valence-electron chi connectivity index (χ2n) is 5.02. The van der Waals surface area contributed by atoms with Crippen LogP contribution in [-0.2, 0) is 18.3 Å². The van der Waals surface area contributed by atoms with E-state index >= 15 is 0 Å². The monoisotopic (exact) mass is 271 g/mol. The third-order valence-corrected chi connectivity index (χ3v) is 4.18. The van der Waals surface area contributed by atoms with Crippen molar-refractivity contribution in [2.24, 2.45) is 12.5 Å². The third kappa shape index (κ3) is 2.24. The van der Waals surface area contributed by atoms with Crippen molar-refractivity contribution in [3.05, 3.63) is 16.4 Å². The Morgan fingerprint density at radius 2 is 2.39 bits per heavy atom. The van der Waals surface area contributed by atoms with Gasteiger partial charge in [0, 0.05) is 19.2 Å². The maximum absolute atomic E-state index is 11.6. The van der Waals surface area contributed by atoms with E-state index in [-0.39, 0.29) is 0 Å². The van der Waals surface area contributed by atoms with Gasteiger partial charge in [0.2, 0.25) is 0 Å². The molecule has 6 heteroatoms. The molecule has 0 spiro atoms. The topological polar surface area (TPSA) is 67.2 Å². The van der Waals surface area contributed by atoms with Crippen molar-refractivity contribution in [2.45, 2.75) is 26.2 Å². The van der Waals surface area contributed by atoms with Crippen LogP contribution in [0.15, 0.2) is 0 Å². The van der Waals surface area contributed by atoms with Crippen LogP contribution < -0.4 is 5.32 Å². The van der Waals surface area contributed by atoms with Gasteiger partial charge in [0.25, 0.3) is 0 Å². The minimum Gasteiger partial charge on any atom is -0.481 e. The van der Waals surface area contributed by atoms with Crippen molar-refractivity contribution < 1.29 is 9.90 Å². The van der Waals surface area contributed by atoms with Crippen molar-refractivity contribution in [3.63, 3.8) is 0 Å². The highest BCUT2D eigenvalue weighted by molar-refractivity contribution is 6.30. The average Bonchev–Trinajstić information content (AvgIpc) is 2.57. The van der Waals surface area contributed by atoms with Crippen LogP contribution in [-0.4, -0.2) is 33.9 Å². The number of carboxylic acids is 1. The molecule has 2 heterocycles. The summed E-state index contributed by atoms with van der Waals surface area (Å²) in [5.74, 6) is -0.756. The quantitative estimate of drug-likeness (QED) is 0.872. The lowest BCUT2D eigenvalue weighted by atomic mass is 9.76. The molecular weight excluding hydrogens is 254 g/mol. The third-order valence-electron chi connectivity index (χ3n) is 3.71. The fraction of sp³-hybridized carbons (Fsp3) is 0.667. The molecule has 2 rings (SSSR count). The van der Waals surface area contributed by atoms with Gasteiger partial charge < -0.3 is 10.4 Å². The first-order valence-corrected chi connectivity index (χ1v) is 6.46. The number of carbonyl (C=O) groups is 1. The molecule has 5 nitrogen and oxygen atoms in total. The van der Waals surface area contributed by atoms with Gasteiger partial charge in [-0.25, -0.2) is 0 Å². The zero-order chi connectivity index (χ0) is 13.3. The number of aryl methyl sites for hydroxylation is 2. The Morgan fingerprint density at radius 1 is 1.67 bits per heavy atom. The lowest BCUT2D eigenvalue weighted by Gasteiger charge is -2.33. The fourth-order valence-corrected chi connectivity index (χ4v) is 2.83. The molecule has 1 aliphatic rings. The Morgan fingerprint density at radius 3 is 2.83 bits per heavy atom. The van der Waals surface area contributed by atoms with Crippen molar-refractivity contribution in [3.8, 4) is 0 Å². The van der Waals surface area contributed by atoms with Gasteiger partial charge >= 0.3 is 5.97 Å². The van der Waals surface area contributed by atoms with Crippen molar-refractivity contribution in [1.29, 1.82) is 0 Å². The van der Waals surface area contributed by atoms with Crippen LogP contribution in [0.4, 0.5) is 0 Å². The molecule has 0 aliphatic carbocycles. The second-order valence-corrected chi connectivity index (χ2v) is 5.38. The standard InChI is InChI=1S/C12H18ClN3O2/c1-8-9(10(13)16(2)15-8)6-12(11(17)18)4-3-5-14-7-12/h14H,3-7H2,1-2H3,(H,17,18). The van der Waals surface area contributed by atoms with Crippen LogP contribution in [0.3, 0.4) is 0 Å². The van der Waals surface area contributed by atoms with E-state index in [1.165, 1.54) is 0 Å². The number of aliphatic carboxylic acids is 1. The molecule has 0 bridgehead atoms. The Hall–Kier alpha value is -1.07. The highest BCUT2D eigenvalue weighted by atomic mass is 35.5. The van der Waals surface area contributed by atoms with Gasteiger partial charge in [0.15, 0.2) is 0 Å². The molecule has 1 aliphatic heterocycles. The van der Waals surface area contributed by atoms with E-state index in [0.29, 0.717) is 24.5 Å². The van der Waals surface area contributed by atoms with Gasteiger partial charge in [-0.2, -0.15) is 5.10 Å². The van der Waals surface area contributed by atoms with E-state index in [0.717, 1.165) is 24.2 Å². The van der Waals surface area contributed by atoms with Gasteiger partial charge in [0.1, 0.15) is 5.15 Å². The molecule has 0 radical (unpaired) electrons. The Bertz CT molecular complexity index is 464. The van der Waals surface area contributed by atoms with Crippen LogP contribution in [0.5, 0.6) is 0 Å². The first kappa shape index (κ1) is 13.4. The molecule has 2 N–H and O–H groups in total. The van der Waals surface area contributed by atoms with Crippen LogP contribution in [0.2, 0.25) is 5.15 Å². The molecule has 1 atom stereocenters. The highest BCUT2D eigenvalue weighted by Gasteiger charge is 2.41. The SMILES string of the molecule is Cc1nn(C)c(Cl)c1CC1(C(=O)O)CCCNC1. The van der Waals surface area contributed by atoms with Gasteiger partial charge in [-0.3, -0.25) is 9.48 Å². The number of rotatable bonds is 3. The van der Waals surface area contributed by atoms with E-state index in [9.17, 15) is 9.90 Å². The first-order chi connectivity index (χ1) is 8.46. The molecule has 1 aromatic rings. The summed E-state index contributed by atoms with van der Waals surface area (Å²) in [7, 11) is 1.77. The summed E-state index contributed by atoms with van der Waals surface area (Å²) in [6.07, 6.45) is 2.00. The van der Waals surface area contributed by atoms with Gasteiger partial charge in [-0.1, -0.05) is 11.6 Å². The Balaban J connectivity index is 2.31. The zero-order valence-corrected chi connectivity index (χ0v) is 11.4. The highest BCUT2D eigenvalue weighted by Crippen LogP contribution is 2.34. The van der Waals surface area contributed by atoms with Gasteiger partial charge in [-0.15, -0.1) is 0 Å². The Kier molecular flexibility index (Phi) is 3.64. The smallest absolute Gasteiger partial charge is 0.311 e. The van der Waals surface area contributed by atoms with Crippen molar-refractivity contribution >= 4 is 17.6 Å². The molecule has 1 saturated heterocycles. The molecule has 0 saturated carbocycles. The van der Waals surface area contributed by atoms with Crippen LogP contribution >= 0.6 is 11.6 Å². The number of halogens is 1. The van der Waals surface area contributed by atoms with Gasteiger partial charge in [0.05, 0.1) is 11.1 Å². The molecule has 1 fully saturated rings. The minimum atomic E-state index is -0.756. The predicted octanol–water partition coefficient (Wildman–Crippen LogP) is 1.38. The van der Waals surface area contributed by atoms with E-state index in [4.69, 9.17) is 11.6 Å². The van der Waals surface area contributed by atoms with E-state index in [2.05, 4.69) is 10.4 Å². The molecule has 1 unspecified atom stereocenters. The lowest BCUT2D eigenvalue weighted by Crippen LogP contribution is -2.47. The number of hydrogen-bond acceptors (Lipinski definition) is 3. The van der Waals surface area contributed by atoms with E-state index < -0.39 is 11.4 Å². The zero-order valence-electron chi connectivity index (χ0n) is 10.7. The number of aromatic nitrogens is 2. The summed E-state index contributed by atoms with van der Waals surface area (Å²) in [6.45, 7) is 3.24.